The van der Waals surface area contributed by atoms with E-state index in [9.17, 15) is 0 Å². The SMILES string of the molecule is CC1CS/C(=C2/SC=C(CN=[N+]=[N-])S2)S1. The van der Waals surface area contributed by atoms with Crippen molar-refractivity contribution in [1.82, 2.24) is 0 Å². The Morgan fingerprint density at radius 1 is 1.60 bits per heavy atom. The van der Waals surface area contributed by atoms with Gasteiger partial charge in [0.1, 0.15) is 0 Å². The Labute approximate surface area is 106 Å². The lowest BCUT2D eigenvalue weighted by atomic mass is 10.6. The Bertz CT molecular complexity index is 370. The zero-order chi connectivity index (χ0) is 10.7. The van der Waals surface area contributed by atoms with Crippen molar-refractivity contribution in [2.45, 2.75) is 12.2 Å². The van der Waals surface area contributed by atoms with Crippen LogP contribution in [0.5, 0.6) is 0 Å². The van der Waals surface area contributed by atoms with Crippen LogP contribution in [0, 0.1) is 0 Å². The van der Waals surface area contributed by atoms with E-state index in [0.717, 1.165) is 10.2 Å². The van der Waals surface area contributed by atoms with Crippen LogP contribution < -0.4 is 0 Å². The molecular formula is C8H9N3S4. The molecule has 1 atom stereocenters. The normalized spacial score (nSPS) is 30.2. The minimum atomic E-state index is 0.482. The second-order valence-electron chi connectivity index (χ2n) is 3.01. The molecule has 15 heavy (non-hydrogen) atoms. The molecule has 0 spiro atoms. The van der Waals surface area contributed by atoms with Gasteiger partial charge in [-0.1, -0.05) is 35.6 Å². The average molecular weight is 275 g/mol. The lowest BCUT2D eigenvalue weighted by molar-refractivity contribution is 1.15. The molecule has 1 unspecified atom stereocenters. The number of thioether (sulfide) groups is 4. The van der Waals surface area contributed by atoms with Crippen LogP contribution in [0.3, 0.4) is 0 Å². The van der Waals surface area contributed by atoms with Crippen LogP contribution in [0.1, 0.15) is 6.92 Å². The van der Waals surface area contributed by atoms with Crippen LogP contribution in [0.4, 0.5) is 0 Å². The maximum atomic E-state index is 8.23. The van der Waals surface area contributed by atoms with Crippen LogP contribution >= 0.6 is 47.0 Å². The molecule has 2 aliphatic rings. The van der Waals surface area contributed by atoms with Crippen molar-refractivity contribution in [2.24, 2.45) is 5.11 Å². The van der Waals surface area contributed by atoms with Gasteiger partial charge >= 0.3 is 0 Å². The summed E-state index contributed by atoms with van der Waals surface area (Å²) in [6.07, 6.45) is 0. The Balaban J connectivity index is 1.97. The predicted octanol–water partition coefficient (Wildman–Crippen LogP) is 4.61. The van der Waals surface area contributed by atoms with Crippen molar-refractivity contribution >= 4 is 47.0 Å². The van der Waals surface area contributed by atoms with E-state index in [1.807, 2.05) is 23.5 Å². The van der Waals surface area contributed by atoms with Gasteiger partial charge < -0.3 is 0 Å². The number of nitrogens with zero attached hydrogens (tertiary/aromatic N) is 3. The second-order valence-corrected chi connectivity index (χ2v) is 8.02. The van der Waals surface area contributed by atoms with Crippen molar-refractivity contribution < 1.29 is 0 Å². The summed E-state index contributed by atoms with van der Waals surface area (Å²) >= 11 is 7.39. The molecule has 1 fully saturated rings. The lowest BCUT2D eigenvalue weighted by Gasteiger charge is -2.00. The summed E-state index contributed by atoms with van der Waals surface area (Å²) in [6.45, 7) is 2.74. The van der Waals surface area contributed by atoms with E-state index < -0.39 is 0 Å². The minimum absolute atomic E-state index is 0.482. The summed E-state index contributed by atoms with van der Waals surface area (Å²) in [5, 5.41) is 6.38. The van der Waals surface area contributed by atoms with E-state index in [4.69, 9.17) is 5.53 Å². The minimum Gasteiger partial charge on any atom is -0.116 e. The zero-order valence-electron chi connectivity index (χ0n) is 8.04. The molecule has 0 N–H and O–H groups in total. The van der Waals surface area contributed by atoms with Crippen LogP contribution in [-0.2, 0) is 0 Å². The van der Waals surface area contributed by atoms with Gasteiger partial charge in [-0.2, -0.15) is 0 Å². The maximum absolute atomic E-state index is 8.23. The molecule has 0 aliphatic carbocycles. The molecule has 2 aliphatic heterocycles. The maximum Gasteiger partial charge on any atom is 0.0690 e. The molecule has 0 aromatic heterocycles. The first-order valence-corrected chi connectivity index (χ1v) is 7.94. The first-order valence-electron chi connectivity index (χ1n) is 4.37. The second kappa shape index (κ2) is 5.50. The van der Waals surface area contributed by atoms with Crippen molar-refractivity contribution in [3.8, 4) is 0 Å². The van der Waals surface area contributed by atoms with Gasteiger partial charge in [-0.25, -0.2) is 0 Å². The molecule has 2 heterocycles. The summed E-state index contributed by atoms with van der Waals surface area (Å²) in [5.74, 6) is 1.20. The van der Waals surface area contributed by atoms with Gasteiger partial charge in [0.25, 0.3) is 0 Å². The van der Waals surface area contributed by atoms with E-state index in [-0.39, 0.29) is 0 Å². The average Bonchev–Trinajstić information content (AvgIpc) is 2.83. The molecule has 7 heteroatoms. The van der Waals surface area contributed by atoms with E-state index in [0.29, 0.717) is 6.54 Å². The summed E-state index contributed by atoms with van der Waals surface area (Å²) in [4.78, 5) is 3.92. The summed E-state index contributed by atoms with van der Waals surface area (Å²) in [6, 6.07) is 0. The van der Waals surface area contributed by atoms with Crippen LogP contribution in [-0.4, -0.2) is 17.5 Å². The van der Waals surface area contributed by atoms with Gasteiger partial charge in [-0.3, -0.25) is 0 Å². The van der Waals surface area contributed by atoms with E-state index in [1.165, 1.54) is 14.2 Å². The Kier molecular flexibility index (Phi) is 4.28. The van der Waals surface area contributed by atoms with Crippen LogP contribution in [0.25, 0.3) is 10.4 Å². The Morgan fingerprint density at radius 3 is 3.13 bits per heavy atom. The quantitative estimate of drug-likeness (QED) is 0.419. The Morgan fingerprint density at radius 2 is 2.47 bits per heavy atom. The zero-order valence-corrected chi connectivity index (χ0v) is 11.3. The third kappa shape index (κ3) is 3.07. The highest BCUT2D eigenvalue weighted by molar-refractivity contribution is 8.32. The highest BCUT2D eigenvalue weighted by Crippen LogP contribution is 2.54. The molecule has 0 aromatic rings. The largest absolute Gasteiger partial charge is 0.116 e. The van der Waals surface area contributed by atoms with Gasteiger partial charge in [-0.05, 0) is 10.9 Å². The highest BCUT2D eigenvalue weighted by atomic mass is 32.2. The van der Waals surface area contributed by atoms with Crippen LogP contribution in [0.15, 0.2) is 23.9 Å². The number of hydrogen-bond donors (Lipinski definition) is 0. The molecule has 0 amide bonds. The summed E-state index contributed by atoms with van der Waals surface area (Å²) < 4.78 is 2.79. The predicted molar refractivity (Wildman–Crippen MR) is 73.8 cm³/mol. The molecule has 3 nitrogen and oxygen atoms in total. The molecule has 0 bridgehead atoms. The fraction of sp³-hybridized carbons (Fsp3) is 0.500. The molecule has 2 rings (SSSR count). The third-order valence-corrected chi connectivity index (χ3v) is 7.63. The van der Waals surface area contributed by atoms with E-state index in [2.05, 4.69) is 22.4 Å². The molecular weight excluding hydrogens is 266 g/mol. The van der Waals surface area contributed by atoms with E-state index >= 15 is 0 Å². The summed E-state index contributed by atoms with van der Waals surface area (Å²) in [7, 11) is 0. The standard InChI is InChI=1S/C8H9N3S4/c1-5-3-12-7(14-5)8-13-4-6(15-8)2-10-11-9/h4-5H,2-3H2,1H3/b8-7+. The molecule has 1 saturated heterocycles. The molecule has 0 radical (unpaired) electrons. The summed E-state index contributed by atoms with van der Waals surface area (Å²) in [5.41, 5.74) is 8.23. The lowest BCUT2D eigenvalue weighted by Crippen LogP contribution is -1.88. The first kappa shape index (κ1) is 11.7. The Hall–Kier alpha value is 0.190. The molecule has 80 valence electrons. The number of azide groups is 1. The van der Waals surface area contributed by atoms with Gasteiger partial charge in [0.2, 0.25) is 0 Å². The smallest absolute Gasteiger partial charge is 0.0690 e. The van der Waals surface area contributed by atoms with Gasteiger partial charge in [0.15, 0.2) is 0 Å². The van der Waals surface area contributed by atoms with Crippen molar-refractivity contribution in [2.75, 3.05) is 12.3 Å². The topological polar surface area (TPSA) is 48.8 Å². The van der Waals surface area contributed by atoms with Crippen LogP contribution in [0.2, 0.25) is 0 Å². The van der Waals surface area contributed by atoms with Gasteiger partial charge in [0, 0.05) is 20.8 Å². The van der Waals surface area contributed by atoms with Crippen molar-refractivity contribution in [3.05, 3.63) is 29.2 Å². The molecule has 0 saturated carbocycles. The van der Waals surface area contributed by atoms with Crippen molar-refractivity contribution in [1.29, 1.82) is 0 Å². The van der Waals surface area contributed by atoms with Crippen molar-refractivity contribution in [3.63, 3.8) is 0 Å². The van der Waals surface area contributed by atoms with Gasteiger partial charge in [0.05, 0.1) is 15.0 Å². The fourth-order valence-corrected chi connectivity index (χ4v) is 6.54. The highest BCUT2D eigenvalue weighted by Gasteiger charge is 2.23. The third-order valence-electron chi connectivity index (χ3n) is 1.74. The monoisotopic (exact) mass is 275 g/mol. The number of hydrogen-bond acceptors (Lipinski definition) is 5. The van der Waals surface area contributed by atoms with E-state index in [1.54, 1.807) is 23.5 Å². The first-order chi connectivity index (χ1) is 7.29. The van der Waals surface area contributed by atoms with Gasteiger partial charge in [-0.15, -0.1) is 23.5 Å². The fourth-order valence-electron chi connectivity index (χ4n) is 1.10. The number of rotatable bonds is 2. The molecule has 0 aromatic carbocycles.